The van der Waals surface area contributed by atoms with Gasteiger partial charge in [0, 0.05) is 38.4 Å². The van der Waals surface area contributed by atoms with Gasteiger partial charge in [-0.25, -0.2) is 13.9 Å². The SMILES string of the molecule is CC(C)CN1C(=O)NC2=C(C(=O)N3CCN(c4ccc(F)cc4)CC3)SNC2C1=O. The number of carbonyl (C=O) groups excluding carboxylic acids is 3. The minimum atomic E-state index is -0.717. The molecule has 0 aliphatic carbocycles. The molecule has 0 aromatic heterocycles. The van der Waals surface area contributed by atoms with Gasteiger partial charge in [0.15, 0.2) is 0 Å². The number of carbonyl (C=O) groups is 3. The van der Waals surface area contributed by atoms with Gasteiger partial charge in [0.05, 0.1) is 5.70 Å². The molecule has 4 rings (SSSR count). The average molecular weight is 434 g/mol. The standard InChI is InChI=1S/C20H24FN5O3S/c1-12(2)11-26-18(27)16-15(22-20(26)29)17(30-23-16)19(28)25-9-7-24(8-10-25)14-5-3-13(21)4-6-14/h3-6,12,16,23H,7-11H2,1-2H3,(H,22,29). The minimum absolute atomic E-state index is 0.151. The molecule has 1 unspecified atom stereocenters. The summed E-state index contributed by atoms with van der Waals surface area (Å²) in [6, 6.07) is 5.09. The number of hydrogen-bond donors (Lipinski definition) is 2. The Balaban J connectivity index is 1.44. The van der Waals surface area contributed by atoms with Crippen molar-refractivity contribution in [1.29, 1.82) is 0 Å². The maximum Gasteiger partial charge on any atom is 0.328 e. The smallest absolute Gasteiger partial charge is 0.328 e. The summed E-state index contributed by atoms with van der Waals surface area (Å²) in [4.78, 5) is 43.6. The van der Waals surface area contributed by atoms with E-state index >= 15 is 0 Å². The van der Waals surface area contributed by atoms with Gasteiger partial charge in [-0.3, -0.25) is 14.5 Å². The van der Waals surface area contributed by atoms with Gasteiger partial charge in [0.25, 0.3) is 11.8 Å². The summed E-state index contributed by atoms with van der Waals surface area (Å²) in [7, 11) is 0. The Hall–Kier alpha value is -2.59. The van der Waals surface area contributed by atoms with Crippen molar-refractivity contribution < 1.29 is 18.8 Å². The molecule has 2 fully saturated rings. The summed E-state index contributed by atoms with van der Waals surface area (Å²) < 4.78 is 16.1. The zero-order valence-corrected chi connectivity index (χ0v) is 17.7. The molecule has 1 aromatic carbocycles. The first-order valence-corrected chi connectivity index (χ1v) is 10.8. The van der Waals surface area contributed by atoms with Crippen LogP contribution in [0.2, 0.25) is 0 Å². The van der Waals surface area contributed by atoms with Crippen LogP contribution in [0.5, 0.6) is 0 Å². The molecule has 0 radical (unpaired) electrons. The van der Waals surface area contributed by atoms with Crippen molar-refractivity contribution in [2.75, 3.05) is 37.6 Å². The third kappa shape index (κ3) is 3.89. The van der Waals surface area contributed by atoms with Gasteiger partial charge in [0.1, 0.15) is 16.8 Å². The van der Waals surface area contributed by atoms with Gasteiger partial charge in [-0.1, -0.05) is 13.8 Å². The molecule has 1 aromatic rings. The number of hydrogen-bond acceptors (Lipinski definition) is 6. The van der Waals surface area contributed by atoms with Gasteiger partial charge in [0.2, 0.25) is 0 Å². The van der Waals surface area contributed by atoms with E-state index in [0.717, 1.165) is 17.6 Å². The lowest BCUT2D eigenvalue weighted by Crippen LogP contribution is -2.58. The van der Waals surface area contributed by atoms with Gasteiger partial charge in [-0.2, -0.15) is 0 Å². The van der Waals surface area contributed by atoms with Gasteiger partial charge >= 0.3 is 6.03 Å². The fraction of sp³-hybridized carbons (Fsp3) is 0.450. The summed E-state index contributed by atoms with van der Waals surface area (Å²) in [5, 5.41) is 2.74. The molecule has 4 amide bonds. The third-order valence-corrected chi connectivity index (χ3v) is 6.26. The first kappa shape index (κ1) is 20.7. The Morgan fingerprint density at radius 1 is 1.17 bits per heavy atom. The third-order valence-electron chi connectivity index (χ3n) is 5.31. The number of anilines is 1. The van der Waals surface area contributed by atoms with E-state index in [4.69, 9.17) is 0 Å². The number of piperazine rings is 1. The fourth-order valence-corrected chi connectivity index (χ4v) is 4.71. The van der Waals surface area contributed by atoms with Crippen LogP contribution in [-0.2, 0) is 9.59 Å². The lowest BCUT2D eigenvalue weighted by molar-refractivity contribution is -0.130. The number of benzene rings is 1. The molecular formula is C20H24FN5O3S. The van der Waals surface area contributed by atoms with Crippen LogP contribution in [0.25, 0.3) is 0 Å². The normalized spacial score (nSPS) is 22.0. The van der Waals surface area contributed by atoms with Crippen LogP contribution in [0.4, 0.5) is 14.9 Å². The zero-order chi connectivity index (χ0) is 21.4. The maximum absolute atomic E-state index is 13.1. The van der Waals surface area contributed by atoms with Crippen molar-refractivity contribution >= 4 is 35.5 Å². The summed E-state index contributed by atoms with van der Waals surface area (Å²) >= 11 is 1.10. The van der Waals surface area contributed by atoms with Crippen LogP contribution >= 0.6 is 11.9 Å². The number of rotatable bonds is 4. The number of amides is 4. The molecule has 0 spiro atoms. The molecule has 160 valence electrons. The largest absolute Gasteiger partial charge is 0.368 e. The summed E-state index contributed by atoms with van der Waals surface area (Å²) in [5.41, 5.74) is 1.26. The first-order chi connectivity index (χ1) is 14.3. The highest BCUT2D eigenvalue weighted by atomic mass is 32.2. The Morgan fingerprint density at radius 3 is 2.47 bits per heavy atom. The summed E-state index contributed by atoms with van der Waals surface area (Å²) in [5.74, 6) is -0.664. The molecule has 0 saturated carbocycles. The zero-order valence-electron chi connectivity index (χ0n) is 16.9. The van der Waals surface area contributed by atoms with Crippen LogP contribution in [0.3, 0.4) is 0 Å². The predicted molar refractivity (Wildman–Crippen MR) is 112 cm³/mol. The lowest BCUT2D eigenvalue weighted by atomic mass is 10.1. The minimum Gasteiger partial charge on any atom is -0.368 e. The molecule has 30 heavy (non-hydrogen) atoms. The monoisotopic (exact) mass is 433 g/mol. The predicted octanol–water partition coefficient (Wildman–Crippen LogP) is 1.51. The Bertz CT molecular complexity index is 896. The second kappa shape index (κ2) is 8.27. The van der Waals surface area contributed by atoms with Crippen molar-refractivity contribution in [3.8, 4) is 0 Å². The molecule has 3 aliphatic heterocycles. The van der Waals surface area contributed by atoms with E-state index in [1.807, 2.05) is 13.8 Å². The highest BCUT2D eigenvalue weighted by molar-refractivity contribution is 8.02. The number of fused-ring (bicyclic) bond motifs is 1. The first-order valence-electron chi connectivity index (χ1n) is 9.94. The summed E-state index contributed by atoms with van der Waals surface area (Å²) in [6.45, 7) is 6.44. The van der Waals surface area contributed by atoms with Crippen LogP contribution in [0.1, 0.15) is 13.8 Å². The topological polar surface area (TPSA) is 85.0 Å². The Kier molecular flexibility index (Phi) is 5.70. The number of urea groups is 1. The van der Waals surface area contributed by atoms with Crippen molar-refractivity contribution in [2.45, 2.75) is 19.9 Å². The van der Waals surface area contributed by atoms with Crippen LogP contribution < -0.4 is 14.9 Å². The van der Waals surface area contributed by atoms with Crippen molar-refractivity contribution in [2.24, 2.45) is 5.92 Å². The average Bonchev–Trinajstić information content (AvgIpc) is 3.15. The highest BCUT2D eigenvalue weighted by Crippen LogP contribution is 2.32. The molecule has 0 bridgehead atoms. The van der Waals surface area contributed by atoms with E-state index in [1.165, 1.54) is 17.0 Å². The molecule has 2 saturated heterocycles. The van der Waals surface area contributed by atoms with E-state index in [0.29, 0.717) is 43.3 Å². The van der Waals surface area contributed by atoms with E-state index in [9.17, 15) is 18.8 Å². The maximum atomic E-state index is 13.1. The van der Waals surface area contributed by atoms with E-state index in [2.05, 4.69) is 14.9 Å². The fourth-order valence-electron chi connectivity index (χ4n) is 3.76. The molecule has 1 atom stereocenters. The lowest BCUT2D eigenvalue weighted by Gasteiger charge is -2.36. The quantitative estimate of drug-likeness (QED) is 0.701. The Labute approximate surface area is 178 Å². The second-order valence-corrected chi connectivity index (χ2v) is 8.77. The summed E-state index contributed by atoms with van der Waals surface area (Å²) in [6.07, 6.45) is 0. The number of nitrogens with zero attached hydrogens (tertiary/aromatic N) is 3. The number of halogens is 1. The molecular weight excluding hydrogens is 409 g/mol. The van der Waals surface area contributed by atoms with Gasteiger partial charge in [-0.05, 0) is 42.1 Å². The van der Waals surface area contributed by atoms with Gasteiger partial charge < -0.3 is 15.1 Å². The molecule has 3 aliphatic rings. The van der Waals surface area contributed by atoms with E-state index in [1.54, 1.807) is 17.0 Å². The van der Waals surface area contributed by atoms with E-state index in [-0.39, 0.29) is 23.5 Å². The van der Waals surface area contributed by atoms with Crippen molar-refractivity contribution in [3.05, 3.63) is 40.7 Å². The Morgan fingerprint density at radius 2 is 1.83 bits per heavy atom. The number of nitrogens with one attached hydrogen (secondary N) is 2. The molecule has 3 heterocycles. The molecule has 10 heteroatoms. The van der Waals surface area contributed by atoms with E-state index < -0.39 is 12.1 Å². The van der Waals surface area contributed by atoms with Gasteiger partial charge in [-0.15, -0.1) is 0 Å². The van der Waals surface area contributed by atoms with Crippen LogP contribution in [0.15, 0.2) is 34.9 Å². The van der Waals surface area contributed by atoms with Crippen molar-refractivity contribution in [1.82, 2.24) is 19.8 Å². The molecule has 8 nitrogen and oxygen atoms in total. The van der Waals surface area contributed by atoms with Crippen molar-refractivity contribution in [3.63, 3.8) is 0 Å². The highest BCUT2D eigenvalue weighted by Gasteiger charge is 2.45. The van der Waals surface area contributed by atoms with Crippen LogP contribution in [-0.4, -0.2) is 66.4 Å². The second-order valence-electron chi connectivity index (χ2n) is 7.92. The number of imide groups is 1. The molecule has 2 N–H and O–H groups in total. The van der Waals surface area contributed by atoms with Crippen LogP contribution in [0, 0.1) is 11.7 Å².